The van der Waals surface area contributed by atoms with E-state index in [9.17, 15) is 4.79 Å². The van der Waals surface area contributed by atoms with Gasteiger partial charge in [-0.3, -0.25) is 0 Å². The van der Waals surface area contributed by atoms with Crippen molar-refractivity contribution in [2.75, 3.05) is 6.61 Å². The summed E-state index contributed by atoms with van der Waals surface area (Å²) in [6.45, 7) is 4.32. The van der Waals surface area contributed by atoms with Crippen LogP contribution in [-0.4, -0.2) is 12.8 Å². The van der Waals surface area contributed by atoms with E-state index >= 15 is 0 Å². The lowest BCUT2D eigenvalue weighted by atomic mass is 10.1. The Morgan fingerprint density at radius 1 is 1.11 bits per heavy atom. The van der Waals surface area contributed by atoms with Crippen LogP contribution in [0.5, 0.6) is 5.75 Å². The van der Waals surface area contributed by atoms with E-state index in [2.05, 4.69) is 0 Å². The third kappa shape index (κ3) is 3.00. The first-order valence-electron chi connectivity index (χ1n) is 5.99. The lowest BCUT2D eigenvalue weighted by Gasteiger charge is -2.09. The third-order valence-electron chi connectivity index (χ3n) is 2.48. The number of ether oxygens (including phenoxy) is 2. The van der Waals surface area contributed by atoms with E-state index < -0.39 is 6.16 Å². The topological polar surface area (TPSA) is 35.5 Å². The number of carbonyl (C=O) groups excluding carboxylic acids is 1. The van der Waals surface area contributed by atoms with Gasteiger partial charge in [-0.05, 0) is 17.4 Å². The molecule has 0 fully saturated rings. The fourth-order valence-electron chi connectivity index (χ4n) is 1.64. The zero-order valence-electron chi connectivity index (χ0n) is 10.6. The Morgan fingerprint density at radius 2 is 1.83 bits per heavy atom. The second kappa shape index (κ2) is 5.54. The van der Waals surface area contributed by atoms with Crippen molar-refractivity contribution in [3.05, 3.63) is 42.5 Å². The van der Waals surface area contributed by atoms with Gasteiger partial charge in [0.15, 0.2) is 0 Å². The molecule has 0 unspecified atom stereocenters. The van der Waals surface area contributed by atoms with Crippen LogP contribution >= 0.6 is 0 Å². The van der Waals surface area contributed by atoms with Crippen molar-refractivity contribution in [3.8, 4) is 5.75 Å². The van der Waals surface area contributed by atoms with Gasteiger partial charge in [-0.1, -0.05) is 50.2 Å². The van der Waals surface area contributed by atoms with Gasteiger partial charge in [-0.25, -0.2) is 4.79 Å². The molecule has 0 aliphatic rings. The molecule has 0 heterocycles. The zero-order chi connectivity index (χ0) is 13.0. The summed E-state index contributed by atoms with van der Waals surface area (Å²) in [5.74, 6) is 0.826. The predicted molar refractivity (Wildman–Crippen MR) is 70.8 cm³/mol. The van der Waals surface area contributed by atoms with Gasteiger partial charge in [0.05, 0.1) is 6.61 Å². The molecule has 0 bridgehead atoms. The fourth-order valence-corrected chi connectivity index (χ4v) is 1.64. The third-order valence-corrected chi connectivity index (χ3v) is 2.48. The SMILES string of the molecule is CC(C)COC(=O)Oc1cccc2ccccc12. The monoisotopic (exact) mass is 244 g/mol. The Bertz CT molecular complexity index is 541. The number of rotatable bonds is 3. The first kappa shape index (κ1) is 12.4. The molecular weight excluding hydrogens is 228 g/mol. The second-order valence-corrected chi connectivity index (χ2v) is 4.53. The van der Waals surface area contributed by atoms with Crippen LogP contribution in [0.15, 0.2) is 42.5 Å². The molecule has 0 saturated carbocycles. The van der Waals surface area contributed by atoms with E-state index in [1.165, 1.54) is 0 Å². The van der Waals surface area contributed by atoms with Crippen LogP contribution in [0.2, 0.25) is 0 Å². The van der Waals surface area contributed by atoms with E-state index in [4.69, 9.17) is 9.47 Å². The molecule has 0 N–H and O–H groups in total. The molecule has 0 amide bonds. The molecule has 3 nitrogen and oxygen atoms in total. The number of hydrogen-bond acceptors (Lipinski definition) is 3. The molecule has 0 atom stereocenters. The van der Waals surface area contributed by atoms with Gasteiger partial charge >= 0.3 is 6.16 Å². The summed E-state index contributed by atoms with van der Waals surface area (Å²) in [5.41, 5.74) is 0. The summed E-state index contributed by atoms with van der Waals surface area (Å²) in [6.07, 6.45) is -0.653. The molecule has 0 aliphatic heterocycles. The number of hydrogen-bond donors (Lipinski definition) is 0. The Hall–Kier alpha value is -2.03. The average molecular weight is 244 g/mol. The quantitative estimate of drug-likeness (QED) is 0.604. The maximum Gasteiger partial charge on any atom is 0.513 e. The van der Waals surface area contributed by atoms with Crippen molar-refractivity contribution < 1.29 is 14.3 Å². The molecule has 0 aromatic heterocycles. The van der Waals surface area contributed by atoms with E-state index in [1.54, 1.807) is 6.07 Å². The highest BCUT2D eigenvalue weighted by molar-refractivity contribution is 5.89. The Labute approximate surface area is 106 Å². The van der Waals surface area contributed by atoms with Gasteiger partial charge in [0.2, 0.25) is 0 Å². The van der Waals surface area contributed by atoms with Crippen molar-refractivity contribution in [1.82, 2.24) is 0 Å². The van der Waals surface area contributed by atoms with Gasteiger partial charge in [0.1, 0.15) is 5.75 Å². The summed E-state index contributed by atoms with van der Waals surface area (Å²) in [7, 11) is 0. The molecule has 0 spiro atoms. The molecule has 94 valence electrons. The lowest BCUT2D eigenvalue weighted by Crippen LogP contribution is -2.14. The minimum Gasteiger partial charge on any atom is -0.434 e. The van der Waals surface area contributed by atoms with Crippen LogP contribution in [0, 0.1) is 5.92 Å². The summed E-state index contributed by atoms with van der Waals surface area (Å²) >= 11 is 0. The van der Waals surface area contributed by atoms with Gasteiger partial charge < -0.3 is 9.47 Å². The van der Waals surface area contributed by atoms with Crippen LogP contribution in [0.4, 0.5) is 4.79 Å². The highest BCUT2D eigenvalue weighted by Crippen LogP contribution is 2.25. The number of benzene rings is 2. The summed E-state index contributed by atoms with van der Waals surface area (Å²) < 4.78 is 10.2. The normalized spacial score (nSPS) is 10.6. The van der Waals surface area contributed by atoms with Crippen LogP contribution in [0.1, 0.15) is 13.8 Å². The number of fused-ring (bicyclic) bond motifs is 1. The predicted octanol–water partition coefficient (Wildman–Crippen LogP) is 4.01. The minimum atomic E-state index is -0.653. The zero-order valence-corrected chi connectivity index (χ0v) is 10.6. The van der Waals surface area contributed by atoms with E-state index in [0.29, 0.717) is 18.3 Å². The first-order chi connectivity index (χ1) is 8.66. The molecule has 18 heavy (non-hydrogen) atoms. The van der Waals surface area contributed by atoms with Gasteiger partial charge in [0.25, 0.3) is 0 Å². The van der Waals surface area contributed by atoms with Crippen LogP contribution in [0.25, 0.3) is 10.8 Å². The molecule has 2 aromatic rings. The summed E-state index contributed by atoms with van der Waals surface area (Å²) in [6, 6.07) is 13.3. The second-order valence-electron chi connectivity index (χ2n) is 4.53. The molecule has 0 aliphatic carbocycles. The van der Waals surface area contributed by atoms with Crippen LogP contribution in [-0.2, 0) is 4.74 Å². The first-order valence-corrected chi connectivity index (χ1v) is 5.99. The van der Waals surface area contributed by atoms with Crippen molar-refractivity contribution >= 4 is 16.9 Å². The van der Waals surface area contributed by atoms with Crippen molar-refractivity contribution in [2.45, 2.75) is 13.8 Å². The molecule has 3 heteroatoms. The standard InChI is InChI=1S/C15H16O3/c1-11(2)10-17-15(16)18-14-9-5-7-12-6-3-4-8-13(12)14/h3-9,11H,10H2,1-2H3. The highest BCUT2D eigenvalue weighted by atomic mass is 16.7. The van der Waals surface area contributed by atoms with Gasteiger partial charge in [-0.15, -0.1) is 0 Å². The van der Waals surface area contributed by atoms with Crippen molar-refractivity contribution in [3.63, 3.8) is 0 Å². The summed E-state index contributed by atoms with van der Waals surface area (Å²) in [5, 5.41) is 1.94. The van der Waals surface area contributed by atoms with Gasteiger partial charge in [-0.2, -0.15) is 0 Å². The number of carbonyl (C=O) groups is 1. The van der Waals surface area contributed by atoms with Crippen molar-refractivity contribution in [2.24, 2.45) is 5.92 Å². The molecule has 0 saturated heterocycles. The molecule has 2 rings (SSSR count). The molecule has 2 aromatic carbocycles. The average Bonchev–Trinajstić information content (AvgIpc) is 2.37. The summed E-state index contributed by atoms with van der Waals surface area (Å²) in [4.78, 5) is 11.5. The fraction of sp³-hybridized carbons (Fsp3) is 0.267. The van der Waals surface area contributed by atoms with E-state index in [0.717, 1.165) is 10.8 Å². The maximum atomic E-state index is 11.5. The van der Waals surface area contributed by atoms with E-state index in [-0.39, 0.29) is 0 Å². The van der Waals surface area contributed by atoms with Gasteiger partial charge in [0, 0.05) is 5.39 Å². The van der Waals surface area contributed by atoms with Crippen molar-refractivity contribution in [1.29, 1.82) is 0 Å². The smallest absolute Gasteiger partial charge is 0.434 e. The lowest BCUT2D eigenvalue weighted by molar-refractivity contribution is 0.0890. The highest BCUT2D eigenvalue weighted by Gasteiger charge is 2.09. The van der Waals surface area contributed by atoms with E-state index in [1.807, 2.05) is 50.2 Å². The Kier molecular flexibility index (Phi) is 3.82. The van der Waals surface area contributed by atoms with Crippen LogP contribution < -0.4 is 4.74 Å². The molecule has 0 radical (unpaired) electrons. The Balaban J connectivity index is 2.14. The molecular formula is C15H16O3. The maximum absolute atomic E-state index is 11.5. The van der Waals surface area contributed by atoms with Crippen LogP contribution in [0.3, 0.4) is 0 Å². The minimum absolute atomic E-state index is 0.296. The largest absolute Gasteiger partial charge is 0.513 e. The Morgan fingerprint density at radius 3 is 2.61 bits per heavy atom.